The van der Waals surface area contributed by atoms with Gasteiger partial charge in [-0.05, 0) is 23.8 Å². The number of benzene rings is 1. The third-order valence-electron chi connectivity index (χ3n) is 2.24. The Kier molecular flexibility index (Phi) is 5.52. The van der Waals surface area contributed by atoms with Gasteiger partial charge >= 0.3 is 0 Å². The molecule has 2 heteroatoms. The van der Waals surface area contributed by atoms with Crippen molar-refractivity contribution < 1.29 is 0 Å². The predicted molar refractivity (Wildman–Crippen MR) is 76.9 cm³/mol. The van der Waals surface area contributed by atoms with Crippen molar-refractivity contribution in [2.45, 2.75) is 0 Å². The molecule has 0 spiro atoms. The van der Waals surface area contributed by atoms with Crippen molar-refractivity contribution in [3.05, 3.63) is 60.2 Å². The minimum absolute atomic E-state index is 1.18. The zero-order valence-electron chi connectivity index (χ0n) is 10.3. The van der Waals surface area contributed by atoms with Crippen molar-refractivity contribution >= 4 is 18.0 Å². The largest absolute Gasteiger partial charge is 0.378 e. The Balaban J connectivity index is 2.57. The van der Waals surface area contributed by atoms with E-state index in [0.29, 0.717) is 0 Å². The highest BCUT2D eigenvalue weighted by Crippen LogP contribution is 2.12. The van der Waals surface area contributed by atoms with Gasteiger partial charge in [0, 0.05) is 26.0 Å². The Hall–Kier alpha value is -2.09. The molecule has 2 nitrogen and oxygen atoms in total. The van der Waals surface area contributed by atoms with Crippen molar-refractivity contribution in [3.8, 4) is 0 Å². The minimum Gasteiger partial charge on any atom is -0.378 e. The Morgan fingerprint density at radius 2 is 1.47 bits per heavy atom. The summed E-state index contributed by atoms with van der Waals surface area (Å²) in [6.45, 7) is 0. The first kappa shape index (κ1) is 13.0. The number of nitrogens with one attached hydrogen (secondary N) is 1. The van der Waals surface area contributed by atoms with E-state index in [1.807, 2.05) is 44.5 Å². The summed E-state index contributed by atoms with van der Waals surface area (Å²) in [5.74, 6) is 0. The van der Waals surface area contributed by atoms with Crippen LogP contribution < -0.4 is 4.90 Å². The predicted octanol–water partition coefficient (Wildman–Crippen LogP) is 3.53. The molecule has 0 aliphatic rings. The van der Waals surface area contributed by atoms with Crippen LogP contribution in [0.25, 0.3) is 6.08 Å². The van der Waals surface area contributed by atoms with Gasteiger partial charge in [-0.2, -0.15) is 0 Å². The van der Waals surface area contributed by atoms with Crippen molar-refractivity contribution in [3.63, 3.8) is 0 Å². The molecule has 0 heterocycles. The van der Waals surface area contributed by atoms with E-state index in [0.717, 1.165) is 0 Å². The Bertz CT molecular complexity index is 423. The van der Waals surface area contributed by atoms with E-state index in [2.05, 4.69) is 29.2 Å². The summed E-state index contributed by atoms with van der Waals surface area (Å²) < 4.78 is 0. The molecule has 0 aliphatic carbocycles. The lowest BCUT2D eigenvalue weighted by atomic mass is 10.2. The van der Waals surface area contributed by atoms with Gasteiger partial charge in [0.25, 0.3) is 0 Å². The summed E-state index contributed by atoms with van der Waals surface area (Å²) in [5, 5.41) is 6.80. The van der Waals surface area contributed by atoms with Gasteiger partial charge in [-0.25, -0.2) is 0 Å². The van der Waals surface area contributed by atoms with E-state index in [1.165, 1.54) is 17.5 Å². The van der Waals surface area contributed by atoms with Crippen LogP contribution in [0.2, 0.25) is 0 Å². The van der Waals surface area contributed by atoms with E-state index in [-0.39, 0.29) is 0 Å². The van der Waals surface area contributed by atoms with Gasteiger partial charge in [-0.1, -0.05) is 42.5 Å². The molecule has 0 saturated heterocycles. The fourth-order valence-corrected chi connectivity index (χ4v) is 1.30. The molecule has 1 N–H and O–H groups in total. The molecule has 0 aromatic heterocycles. The first-order valence-electron chi connectivity index (χ1n) is 5.52. The van der Waals surface area contributed by atoms with Gasteiger partial charge in [0.1, 0.15) is 0 Å². The second-order valence-corrected chi connectivity index (χ2v) is 3.78. The zero-order chi connectivity index (χ0) is 12.5. The first-order chi connectivity index (χ1) is 8.24. The summed E-state index contributed by atoms with van der Waals surface area (Å²) in [6, 6.07) is 8.37. The van der Waals surface area contributed by atoms with Gasteiger partial charge in [0.15, 0.2) is 0 Å². The van der Waals surface area contributed by atoms with Crippen LogP contribution >= 0.6 is 0 Å². The second-order valence-electron chi connectivity index (χ2n) is 3.78. The average Bonchev–Trinajstić information content (AvgIpc) is 2.34. The molecule has 0 amide bonds. The number of hydrogen-bond acceptors (Lipinski definition) is 2. The van der Waals surface area contributed by atoms with Crippen LogP contribution in [0.4, 0.5) is 5.69 Å². The van der Waals surface area contributed by atoms with Crippen LogP contribution in [-0.2, 0) is 0 Å². The minimum atomic E-state index is 1.18. The summed E-state index contributed by atoms with van der Waals surface area (Å²) in [5.41, 5.74) is 2.38. The smallest absolute Gasteiger partial charge is 0.0361 e. The molecule has 0 bridgehead atoms. The Morgan fingerprint density at radius 1 is 0.882 bits per heavy atom. The van der Waals surface area contributed by atoms with Crippen LogP contribution in [0.1, 0.15) is 5.56 Å². The van der Waals surface area contributed by atoms with Crippen molar-refractivity contribution in [2.24, 2.45) is 0 Å². The van der Waals surface area contributed by atoms with Crippen molar-refractivity contribution in [1.29, 1.82) is 5.41 Å². The van der Waals surface area contributed by atoms with Crippen molar-refractivity contribution in [1.82, 2.24) is 0 Å². The van der Waals surface area contributed by atoms with E-state index in [1.54, 1.807) is 6.08 Å². The van der Waals surface area contributed by atoms with E-state index >= 15 is 0 Å². The van der Waals surface area contributed by atoms with Crippen LogP contribution in [-0.4, -0.2) is 20.3 Å². The monoisotopic (exact) mass is 226 g/mol. The molecule has 17 heavy (non-hydrogen) atoms. The summed E-state index contributed by atoms with van der Waals surface area (Å²) in [7, 11) is 4.06. The van der Waals surface area contributed by atoms with Gasteiger partial charge in [0.2, 0.25) is 0 Å². The third-order valence-corrected chi connectivity index (χ3v) is 2.24. The maximum Gasteiger partial charge on any atom is 0.0361 e. The molecular formula is C15H18N2. The average molecular weight is 226 g/mol. The number of hydrogen-bond donors (Lipinski definition) is 1. The van der Waals surface area contributed by atoms with E-state index < -0.39 is 0 Å². The highest BCUT2D eigenvalue weighted by molar-refractivity contribution is 5.68. The summed E-state index contributed by atoms with van der Waals surface area (Å²) in [6.07, 6.45) is 12.6. The first-order valence-corrected chi connectivity index (χ1v) is 5.52. The van der Waals surface area contributed by atoms with Crippen LogP contribution in [0.15, 0.2) is 54.6 Å². The maximum absolute atomic E-state index is 6.80. The maximum atomic E-state index is 6.80. The molecular weight excluding hydrogens is 208 g/mol. The SMILES string of the molecule is CN(C)c1ccc(/C=C/C=C/C=C\C=N)cc1. The lowest BCUT2D eigenvalue weighted by Gasteiger charge is -2.11. The van der Waals surface area contributed by atoms with Crippen LogP contribution in [0.3, 0.4) is 0 Å². The number of rotatable bonds is 5. The Morgan fingerprint density at radius 3 is 2.06 bits per heavy atom. The summed E-state index contributed by atoms with van der Waals surface area (Å²) >= 11 is 0. The normalized spacial score (nSPS) is 11.6. The summed E-state index contributed by atoms with van der Waals surface area (Å²) in [4.78, 5) is 2.08. The fourth-order valence-electron chi connectivity index (χ4n) is 1.30. The molecule has 1 rings (SSSR count). The van der Waals surface area contributed by atoms with Crippen molar-refractivity contribution in [2.75, 3.05) is 19.0 Å². The number of allylic oxidation sites excluding steroid dienone is 5. The fraction of sp³-hybridized carbons (Fsp3) is 0.133. The molecule has 1 aromatic carbocycles. The molecule has 0 saturated carbocycles. The molecule has 0 aliphatic heterocycles. The Labute approximate surface area is 103 Å². The standard InChI is InChI=1S/C15H18N2/c1-17(2)15-11-9-14(10-12-15)8-6-4-3-5-7-13-16/h3-13,16H,1-2H3/b4-3+,7-5-,8-6+,16-13?. The number of anilines is 1. The third kappa shape index (κ3) is 4.98. The lowest BCUT2D eigenvalue weighted by molar-refractivity contribution is 1.13. The van der Waals surface area contributed by atoms with Gasteiger partial charge < -0.3 is 10.3 Å². The highest BCUT2D eigenvalue weighted by atomic mass is 15.1. The van der Waals surface area contributed by atoms with Crippen LogP contribution in [0.5, 0.6) is 0 Å². The van der Waals surface area contributed by atoms with E-state index in [4.69, 9.17) is 5.41 Å². The molecule has 0 radical (unpaired) electrons. The topological polar surface area (TPSA) is 27.1 Å². The molecule has 88 valence electrons. The van der Waals surface area contributed by atoms with E-state index in [9.17, 15) is 0 Å². The quantitative estimate of drug-likeness (QED) is 0.603. The van der Waals surface area contributed by atoms with Crippen LogP contribution in [0, 0.1) is 5.41 Å². The highest BCUT2D eigenvalue weighted by Gasteiger charge is 1.92. The molecule has 1 aromatic rings. The molecule has 0 unspecified atom stereocenters. The second kappa shape index (κ2) is 7.23. The molecule has 0 fully saturated rings. The molecule has 0 atom stereocenters. The van der Waals surface area contributed by atoms with Gasteiger partial charge in [0.05, 0.1) is 0 Å². The van der Waals surface area contributed by atoms with Gasteiger partial charge in [-0.15, -0.1) is 0 Å². The number of nitrogens with zero attached hydrogens (tertiary/aromatic N) is 1. The lowest BCUT2D eigenvalue weighted by Crippen LogP contribution is -2.07. The van der Waals surface area contributed by atoms with Gasteiger partial charge in [-0.3, -0.25) is 0 Å². The zero-order valence-corrected chi connectivity index (χ0v) is 10.3.